The first-order valence-corrected chi connectivity index (χ1v) is 14.9. The van der Waals surface area contributed by atoms with Gasteiger partial charge in [0.1, 0.15) is 34.7 Å². The Balaban J connectivity index is 1.81. The van der Waals surface area contributed by atoms with Crippen LogP contribution in [0.15, 0.2) is 35.9 Å². The average molecular weight is 637 g/mol. The van der Waals surface area contributed by atoms with Crippen LogP contribution in [0.1, 0.15) is 45.6 Å². The van der Waals surface area contributed by atoms with E-state index < -0.39 is 59.6 Å². The average Bonchev–Trinajstić information content (AvgIpc) is 3.69. The molecule has 44 heavy (non-hydrogen) atoms. The summed E-state index contributed by atoms with van der Waals surface area (Å²) in [6.45, 7) is 4.92. The molecule has 3 heterocycles. The molecule has 3 aliphatic heterocycles. The van der Waals surface area contributed by atoms with Crippen molar-refractivity contribution in [3.63, 3.8) is 0 Å². The first kappa shape index (κ1) is 33.7. The van der Waals surface area contributed by atoms with Gasteiger partial charge in [-0.25, -0.2) is 4.79 Å². The highest BCUT2D eigenvalue weighted by atomic mass is 35.5. The quantitative estimate of drug-likeness (QED) is 0.324. The van der Waals surface area contributed by atoms with Gasteiger partial charge in [0.2, 0.25) is 5.91 Å². The Bertz CT molecular complexity index is 1330. The lowest BCUT2D eigenvalue weighted by Crippen LogP contribution is -2.63. The second kappa shape index (κ2) is 13.5. The van der Waals surface area contributed by atoms with Crippen LogP contribution in [0.25, 0.3) is 0 Å². The SMILES string of the molecule is CCC(=O)OC1CC(=O)N(C)c2cc(cc(OC)c2Cl)CC(CO)=CC=CC(OC)C2(O)CC(OC(=O)N2)C(C)C2OC12C. The highest BCUT2D eigenvalue weighted by Crippen LogP contribution is 2.49. The number of nitrogens with one attached hydrogen (secondary N) is 1. The molecule has 2 fully saturated rings. The van der Waals surface area contributed by atoms with Crippen molar-refractivity contribution in [3.8, 4) is 5.75 Å². The normalized spacial score (nSPS) is 32.6. The number of benzene rings is 1. The Morgan fingerprint density at radius 2 is 2.00 bits per heavy atom. The van der Waals surface area contributed by atoms with Gasteiger partial charge in [0.15, 0.2) is 5.72 Å². The lowest BCUT2D eigenvalue weighted by Gasteiger charge is -2.42. The molecule has 1 aromatic carbocycles. The molecule has 4 bridgehead atoms. The number of halogens is 1. The Kier molecular flexibility index (Phi) is 10.3. The van der Waals surface area contributed by atoms with Crippen molar-refractivity contribution in [3.05, 3.63) is 46.5 Å². The molecule has 2 saturated heterocycles. The highest BCUT2D eigenvalue weighted by molar-refractivity contribution is 6.35. The molecular formula is C31H41ClN2O10. The van der Waals surface area contributed by atoms with Crippen LogP contribution in [0.4, 0.5) is 10.5 Å². The molecule has 242 valence electrons. The van der Waals surface area contributed by atoms with Gasteiger partial charge in [-0.3, -0.25) is 14.9 Å². The van der Waals surface area contributed by atoms with Gasteiger partial charge in [-0.1, -0.05) is 43.7 Å². The van der Waals surface area contributed by atoms with Crippen molar-refractivity contribution in [1.29, 1.82) is 0 Å². The third-order valence-corrected chi connectivity index (χ3v) is 9.00. The van der Waals surface area contributed by atoms with Crippen LogP contribution in [0.2, 0.25) is 5.02 Å². The number of aliphatic hydroxyl groups is 2. The first-order chi connectivity index (χ1) is 20.8. The summed E-state index contributed by atoms with van der Waals surface area (Å²) in [7, 11) is 4.43. The summed E-state index contributed by atoms with van der Waals surface area (Å²) in [5.74, 6) is -1.03. The Hall–Kier alpha value is -3.16. The van der Waals surface area contributed by atoms with Gasteiger partial charge >= 0.3 is 12.1 Å². The number of carbonyl (C=O) groups excluding carboxylic acids is 3. The summed E-state index contributed by atoms with van der Waals surface area (Å²) in [6, 6.07) is 3.45. The first-order valence-electron chi connectivity index (χ1n) is 14.5. The van der Waals surface area contributed by atoms with Crippen molar-refractivity contribution >= 4 is 35.3 Å². The Labute approximate surface area is 261 Å². The number of ether oxygens (including phenoxy) is 5. The number of fused-ring (bicyclic) bond motifs is 5. The van der Waals surface area contributed by atoms with E-state index in [-0.39, 0.29) is 37.3 Å². The number of aliphatic hydroxyl groups excluding tert-OH is 1. The molecule has 12 nitrogen and oxygen atoms in total. The standard InChI is InChI=1S/C31H41ClN2O10/c1-7-26(37)43-24-14-25(36)34(4)20-12-19(13-21(40-5)27(20)32)11-18(16-35)9-8-10-23(41-6)31(39)15-22(42-29(38)33-31)17(2)28-30(24,3)44-28/h8-10,12-13,17,22-24,28,35,39H,7,11,14-16H2,1-6H3,(H,33,38). The van der Waals surface area contributed by atoms with Crippen LogP contribution in [-0.4, -0.2) is 91.8 Å². The topological polar surface area (TPSA) is 156 Å². The third kappa shape index (κ3) is 6.89. The molecule has 3 N–H and O–H groups in total. The van der Waals surface area contributed by atoms with E-state index in [1.807, 2.05) is 0 Å². The summed E-state index contributed by atoms with van der Waals surface area (Å²) < 4.78 is 28.5. The molecule has 4 rings (SSSR count). The number of hydrogen-bond donors (Lipinski definition) is 3. The molecule has 3 aliphatic rings. The molecule has 0 aliphatic carbocycles. The number of amides is 2. The van der Waals surface area contributed by atoms with E-state index in [4.69, 9.17) is 35.3 Å². The minimum atomic E-state index is -1.83. The van der Waals surface area contributed by atoms with Crippen LogP contribution >= 0.6 is 11.6 Å². The summed E-state index contributed by atoms with van der Waals surface area (Å²) in [4.78, 5) is 40.2. The molecule has 1 aromatic rings. The lowest BCUT2D eigenvalue weighted by molar-refractivity contribution is -0.153. The fraction of sp³-hybridized carbons (Fsp3) is 0.581. The minimum Gasteiger partial charge on any atom is -0.495 e. The van der Waals surface area contributed by atoms with Gasteiger partial charge in [0.05, 0.1) is 31.9 Å². The van der Waals surface area contributed by atoms with E-state index in [1.165, 1.54) is 19.1 Å². The molecule has 0 radical (unpaired) electrons. The predicted octanol–water partition coefficient (Wildman–Crippen LogP) is 3.05. The third-order valence-electron chi connectivity index (χ3n) is 8.62. The lowest BCUT2D eigenvalue weighted by atomic mass is 9.83. The van der Waals surface area contributed by atoms with E-state index in [9.17, 15) is 24.6 Å². The molecule has 0 saturated carbocycles. The minimum absolute atomic E-state index is 0.0412. The van der Waals surface area contributed by atoms with Gasteiger partial charge in [-0.05, 0) is 36.6 Å². The zero-order valence-electron chi connectivity index (χ0n) is 25.8. The second-order valence-electron chi connectivity index (χ2n) is 11.6. The maximum absolute atomic E-state index is 13.7. The zero-order chi connectivity index (χ0) is 32.4. The summed E-state index contributed by atoms with van der Waals surface area (Å²) in [5.41, 5.74) is -1.23. The Morgan fingerprint density at radius 3 is 2.64 bits per heavy atom. The summed E-state index contributed by atoms with van der Waals surface area (Å²) in [5, 5.41) is 24.4. The number of hydrogen-bond acceptors (Lipinski definition) is 10. The van der Waals surface area contributed by atoms with E-state index in [0.29, 0.717) is 22.6 Å². The number of allylic oxidation sites excluding steroid dienone is 2. The highest BCUT2D eigenvalue weighted by Gasteiger charge is 2.64. The number of methoxy groups -OCH3 is 2. The van der Waals surface area contributed by atoms with Gasteiger partial charge in [0.25, 0.3) is 0 Å². The van der Waals surface area contributed by atoms with Crippen molar-refractivity contribution in [2.24, 2.45) is 5.92 Å². The maximum atomic E-state index is 13.7. The predicted molar refractivity (Wildman–Crippen MR) is 160 cm³/mol. The van der Waals surface area contributed by atoms with E-state index in [0.717, 1.165) is 0 Å². The van der Waals surface area contributed by atoms with Crippen molar-refractivity contribution < 1.29 is 48.3 Å². The second-order valence-corrected chi connectivity index (χ2v) is 12.0. The van der Waals surface area contributed by atoms with Gasteiger partial charge in [-0.2, -0.15) is 0 Å². The zero-order valence-corrected chi connectivity index (χ0v) is 26.6. The smallest absolute Gasteiger partial charge is 0.409 e. The van der Waals surface area contributed by atoms with Crippen LogP contribution in [-0.2, 0) is 35.0 Å². The van der Waals surface area contributed by atoms with Gasteiger partial charge < -0.3 is 38.8 Å². The molecule has 2 amide bonds. The van der Waals surface area contributed by atoms with Crippen LogP contribution < -0.4 is 15.0 Å². The molecular weight excluding hydrogens is 596 g/mol. The summed E-state index contributed by atoms with van der Waals surface area (Å²) in [6.07, 6.45) is 0.838. The van der Waals surface area contributed by atoms with Gasteiger partial charge in [-0.15, -0.1) is 0 Å². The molecule has 7 atom stereocenters. The van der Waals surface area contributed by atoms with Crippen molar-refractivity contribution in [1.82, 2.24) is 5.32 Å². The number of nitrogens with zero attached hydrogens (tertiary/aromatic N) is 1. The summed E-state index contributed by atoms with van der Waals surface area (Å²) >= 11 is 6.65. The number of alkyl carbamates (subject to hydrolysis) is 1. The van der Waals surface area contributed by atoms with Crippen LogP contribution in [0.5, 0.6) is 5.75 Å². The number of anilines is 1. The van der Waals surface area contributed by atoms with E-state index in [1.54, 1.807) is 58.2 Å². The monoisotopic (exact) mass is 636 g/mol. The molecule has 0 aromatic heterocycles. The van der Waals surface area contributed by atoms with E-state index >= 15 is 0 Å². The van der Waals surface area contributed by atoms with Crippen molar-refractivity contribution in [2.45, 2.75) is 82.2 Å². The van der Waals surface area contributed by atoms with Crippen LogP contribution in [0, 0.1) is 5.92 Å². The number of esters is 1. The van der Waals surface area contributed by atoms with Gasteiger partial charge in [0, 0.05) is 32.9 Å². The molecule has 13 heteroatoms. The maximum Gasteiger partial charge on any atom is 0.409 e. The van der Waals surface area contributed by atoms with E-state index in [2.05, 4.69) is 5.32 Å². The van der Waals surface area contributed by atoms with Crippen molar-refractivity contribution in [2.75, 3.05) is 32.8 Å². The number of epoxide rings is 1. The molecule has 0 spiro atoms. The van der Waals surface area contributed by atoms with Crippen LogP contribution in [0.3, 0.4) is 0 Å². The number of carbonyl (C=O) groups is 3. The number of rotatable bonds is 5. The fourth-order valence-electron chi connectivity index (χ4n) is 5.87. The molecule has 7 unspecified atom stereocenters. The largest absolute Gasteiger partial charge is 0.495 e. The Morgan fingerprint density at radius 1 is 1.27 bits per heavy atom. The fourth-order valence-corrected chi connectivity index (χ4v) is 6.18.